The zero-order valence-corrected chi connectivity index (χ0v) is 16.7. The average Bonchev–Trinajstić information content (AvgIpc) is 2.61. The predicted molar refractivity (Wildman–Crippen MR) is 104 cm³/mol. The maximum atomic E-state index is 9.71. The molecular formula is C18H27IN4O. The number of nitrogens with zero attached hydrogens (tertiary/aromatic N) is 4. The second-order valence-electron chi connectivity index (χ2n) is 6.73. The average molecular weight is 442 g/mol. The molecule has 3 rings (SSSR count). The van der Waals surface area contributed by atoms with Crippen molar-refractivity contribution in [3.05, 3.63) is 30.1 Å². The van der Waals surface area contributed by atoms with Crippen molar-refractivity contribution >= 4 is 24.0 Å². The first-order valence-corrected chi connectivity index (χ1v) is 8.61. The lowest BCUT2D eigenvalue weighted by Crippen LogP contribution is -2.47. The van der Waals surface area contributed by atoms with Crippen LogP contribution < -0.4 is 0 Å². The molecule has 6 heteroatoms. The molecular weight excluding hydrogens is 415 g/mol. The van der Waals surface area contributed by atoms with Crippen molar-refractivity contribution in [2.45, 2.75) is 31.3 Å². The van der Waals surface area contributed by atoms with Gasteiger partial charge in [0.15, 0.2) is 0 Å². The normalized spacial score (nSPS) is 24.8. The molecule has 1 aromatic heterocycles. The molecule has 0 aromatic carbocycles. The number of morpholine rings is 1. The smallest absolute Gasteiger partial charge is 0.102 e. The minimum atomic E-state index is -0.398. The van der Waals surface area contributed by atoms with Crippen LogP contribution >= 0.6 is 24.0 Å². The molecule has 1 aromatic rings. The van der Waals surface area contributed by atoms with E-state index in [4.69, 9.17) is 4.74 Å². The first-order valence-electron chi connectivity index (χ1n) is 8.61. The van der Waals surface area contributed by atoms with E-state index >= 15 is 0 Å². The Kier molecular flexibility index (Phi) is 7.41. The maximum absolute atomic E-state index is 9.71. The fraction of sp³-hybridized carbons (Fsp3) is 0.667. The highest BCUT2D eigenvalue weighted by molar-refractivity contribution is 14.0. The summed E-state index contributed by atoms with van der Waals surface area (Å²) in [6.45, 7) is 9.18. The number of hydrogen-bond donors (Lipinski definition) is 0. The van der Waals surface area contributed by atoms with Crippen LogP contribution in [0.25, 0.3) is 0 Å². The van der Waals surface area contributed by atoms with Crippen LogP contribution in [-0.4, -0.2) is 66.8 Å². The van der Waals surface area contributed by atoms with Crippen LogP contribution in [0.3, 0.4) is 0 Å². The number of ether oxygens (including phenoxy) is 1. The molecule has 0 amide bonds. The molecule has 0 N–H and O–H groups in total. The van der Waals surface area contributed by atoms with Crippen molar-refractivity contribution in [2.75, 3.05) is 45.9 Å². The first kappa shape index (κ1) is 19.6. The minimum absolute atomic E-state index is 0. The quantitative estimate of drug-likeness (QED) is 0.670. The predicted octanol–water partition coefficient (Wildman–Crippen LogP) is 2.28. The minimum Gasteiger partial charge on any atom is -0.376 e. The van der Waals surface area contributed by atoms with E-state index in [1.165, 1.54) is 0 Å². The van der Waals surface area contributed by atoms with E-state index in [0.29, 0.717) is 6.10 Å². The van der Waals surface area contributed by atoms with Gasteiger partial charge in [-0.1, -0.05) is 6.07 Å². The summed E-state index contributed by atoms with van der Waals surface area (Å²) in [6.07, 6.45) is 3.89. The fourth-order valence-electron chi connectivity index (χ4n) is 3.61. The number of pyridine rings is 1. The number of rotatable bonds is 4. The molecule has 2 fully saturated rings. The molecule has 0 aliphatic carbocycles. The second-order valence-corrected chi connectivity index (χ2v) is 6.73. The van der Waals surface area contributed by atoms with Gasteiger partial charge in [-0.2, -0.15) is 5.26 Å². The SMILES string of the molecule is CC1CN(CCN2CCC(C#N)(c3ccccn3)CC2)CCO1.I. The first-order chi connectivity index (χ1) is 11.2. The number of aromatic nitrogens is 1. The van der Waals surface area contributed by atoms with Gasteiger partial charge in [-0.15, -0.1) is 24.0 Å². The molecule has 2 aliphatic heterocycles. The van der Waals surface area contributed by atoms with Gasteiger partial charge in [0.1, 0.15) is 5.41 Å². The third-order valence-corrected chi connectivity index (χ3v) is 5.14. The van der Waals surface area contributed by atoms with Gasteiger partial charge >= 0.3 is 0 Å². The molecule has 24 heavy (non-hydrogen) atoms. The van der Waals surface area contributed by atoms with Gasteiger partial charge in [-0.25, -0.2) is 0 Å². The Morgan fingerprint density at radius 1 is 1.25 bits per heavy atom. The van der Waals surface area contributed by atoms with E-state index in [-0.39, 0.29) is 24.0 Å². The van der Waals surface area contributed by atoms with E-state index in [1.807, 2.05) is 18.2 Å². The van der Waals surface area contributed by atoms with Crippen molar-refractivity contribution in [1.82, 2.24) is 14.8 Å². The Morgan fingerprint density at radius 2 is 2.00 bits per heavy atom. The topological polar surface area (TPSA) is 52.4 Å². The summed E-state index contributed by atoms with van der Waals surface area (Å²) in [5.74, 6) is 0. The second kappa shape index (κ2) is 9.09. The molecule has 0 saturated carbocycles. The van der Waals surface area contributed by atoms with E-state index in [0.717, 1.165) is 64.4 Å². The van der Waals surface area contributed by atoms with Crippen molar-refractivity contribution in [1.29, 1.82) is 5.26 Å². The molecule has 2 aliphatic rings. The van der Waals surface area contributed by atoms with Crippen LogP contribution in [-0.2, 0) is 10.2 Å². The summed E-state index contributed by atoms with van der Waals surface area (Å²) in [7, 11) is 0. The molecule has 1 atom stereocenters. The lowest BCUT2D eigenvalue weighted by molar-refractivity contribution is -0.0214. The van der Waals surface area contributed by atoms with Crippen LogP contribution in [0.15, 0.2) is 24.4 Å². The highest BCUT2D eigenvalue weighted by Gasteiger charge is 2.37. The van der Waals surface area contributed by atoms with Crippen molar-refractivity contribution in [3.63, 3.8) is 0 Å². The van der Waals surface area contributed by atoms with Gasteiger partial charge < -0.3 is 9.64 Å². The monoisotopic (exact) mass is 442 g/mol. The van der Waals surface area contributed by atoms with Gasteiger partial charge in [-0.05, 0) is 31.9 Å². The summed E-state index contributed by atoms with van der Waals surface area (Å²) in [6, 6.07) is 8.43. The van der Waals surface area contributed by atoms with Crippen LogP contribution in [0.5, 0.6) is 0 Å². The summed E-state index contributed by atoms with van der Waals surface area (Å²) in [4.78, 5) is 9.41. The number of likely N-dealkylation sites (tertiary alicyclic amines) is 1. The van der Waals surface area contributed by atoms with Crippen LogP contribution in [0, 0.1) is 11.3 Å². The van der Waals surface area contributed by atoms with Gasteiger partial charge in [-0.3, -0.25) is 9.88 Å². The maximum Gasteiger partial charge on any atom is 0.102 e. The van der Waals surface area contributed by atoms with Crippen molar-refractivity contribution in [3.8, 4) is 6.07 Å². The zero-order chi connectivity index (χ0) is 16.1. The van der Waals surface area contributed by atoms with E-state index in [2.05, 4.69) is 27.8 Å². The van der Waals surface area contributed by atoms with Gasteiger partial charge in [0, 0.05) is 45.5 Å². The van der Waals surface area contributed by atoms with E-state index in [9.17, 15) is 5.26 Å². The molecule has 0 spiro atoms. The molecule has 3 heterocycles. The van der Waals surface area contributed by atoms with Gasteiger partial charge in [0.2, 0.25) is 0 Å². The third-order valence-electron chi connectivity index (χ3n) is 5.14. The molecule has 0 radical (unpaired) electrons. The summed E-state index contributed by atoms with van der Waals surface area (Å²) in [5.41, 5.74) is 0.537. The Balaban J connectivity index is 0.00000208. The summed E-state index contributed by atoms with van der Waals surface area (Å²) < 4.78 is 5.59. The fourth-order valence-corrected chi connectivity index (χ4v) is 3.61. The standard InChI is InChI=1S/C18H26N4O.HI/c1-16-14-22(12-13-23-16)11-10-21-8-5-18(15-19,6-9-21)17-4-2-3-7-20-17;/h2-4,7,16H,5-6,8-14H2,1H3;1H. The lowest BCUT2D eigenvalue weighted by atomic mass is 9.76. The Hall–Kier alpha value is -0.750. The summed E-state index contributed by atoms with van der Waals surface area (Å²) >= 11 is 0. The van der Waals surface area contributed by atoms with Crippen molar-refractivity contribution in [2.24, 2.45) is 0 Å². The number of hydrogen-bond acceptors (Lipinski definition) is 5. The summed E-state index contributed by atoms with van der Waals surface area (Å²) in [5, 5.41) is 9.71. The van der Waals surface area contributed by atoms with Crippen molar-refractivity contribution < 1.29 is 4.74 Å². The Morgan fingerprint density at radius 3 is 2.62 bits per heavy atom. The molecule has 0 bridgehead atoms. The van der Waals surface area contributed by atoms with Gasteiger partial charge in [0.25, 0.3) is 0 Å². The Bertz CT molecular complexity index is 540. The number of nitriles is 1. The molecule has 1 unspecified atom stereocenters. The highest BCUT2D eigenvalue weighted by atomic mass is 127. The highest BCUT2D eigenvalue weighted by Crippen LogP contribution is 2.33. The number of halogens is 1. The Labute approximate surface area is 162 Å². The van der Waals surface area contributed by atoms with Crippen LogP contribution in [0.2, 0.25) is 0 Å². The lowest BCUT2D eigenvalue weighted by Gasteiger charge is -2.38. The third kappa shape index (κ3) is 4.66. The molecule has 2 saturated heterocycles. The molecule has 132 valence electrons. The van der Waals surface area contributed by atoms with Gasteiger partial charge in [0.05, 0.1) is 24.5 Å². The largest absolute Gasteiger partial charge is 0.376 e. The van der Waals surface area contributed by atoms with Crippen LogP contribution in [0.4, 0.5) is 0 Å². The van der Waals surface area contributed by atoms with E-state index in [1.54, 1.807) is 6.20 Å². The van der Waals surface area contributed by atoms with E-state index < -0.39 is 5.41 Å². The number of piperidine rings is 1. The van der Waals surface area contributed by atoms with Crippen LogP contribution in [0.1, 0.15) is 25.5 Å². The molecule has 5 nitrogen and oxygen atoms in total. The zero-order valence-electron chi connectivity index (χ0n) is 14.4.